The molecule has 0 spiro atoms. The Morgan fingerprint density at radius 1 is 0.619 bits per heavy atom. The van der Waals surface area contributed by atoms with E-state index in [9.17, 15) is 0 Å². The Kier molecular flexibility index (Phi) is 8.50. The van der Waals surface area contributed by atoms with E-state index in [1.807, 2.05) is 29.0 Å². The first-order chi connectivity index (χ1) is 20.2. The molecule has 3 aromatic heterocycles. The molecule has 6 rings (SSSR count). The molecule has 0 saturated carbocycles. The highest BCUT2D eigenvalue weighted by Gasteiger charge is 2.08. The third-order valence-corrected chi connectivity index (χ3v) is 7.66. The normalized spacial score (nSPS) is 10.7. The molecule has 42 heavy (non-hydrogen) atoms. The van der Waals surface area contributed by atoms with Crippen molar-refractivity contribution in [3.05, 3.63) is 124 Å². The Morgan fingerprint density at radius 2 is 1.14 bits per heavy atom. The number of nitrogens with one attached hydrogen (secondary N) is 2. The summed E-state index contributed by atoms with van der Waals surface area (Å²) in [6.07, 6.45) is 5.42. The summed E-state index contributed by atoms with van der Waals surface area (Å²) in [6.45, 7) is 12.7. The first-order valence-corrected chi connectivity index (χ1v) is 14.1. The number of para-hydroxylation sites is 1. The van der Waals surface area contributed by atoms with Gasteiger partial charge < -0.3 is 10.6 Å². The number of rotatable bonds is 5. The molecule has 0 aliphatic rings. The first-order valence-electron chi connectivity index (χ1n) is 13.8. The maximum absolute atomic E-state index is 5.74. The van der Waals surface area contributed by atoms with Crippen LogP contribution in [0.5, 0.6) is 0 Å². The van der Waals surface area contributed by atoms with Crippen LogP contribution >= 0.6 is 11.6 Å². The first kappa shape index (κ1) is 28.8. The van der Waals surface area contributed by atoms with Gasteiger partial charge in [0.1, 0.15) is 11.6 Å². The van der Waals surface area contributed by atoms with Crippen molar-refractivity contribution in [2.45, 2.75) is 41.5 Å². The summed E-state index contributed by atoms with van der Waals surface area (Å²) in [5.74, 6) is 2.14. The van der Waals surface area contributed by atoms with E-state index in [1.54, 1.807) is 18.5 Å². The van der Waals surface area contributed by atoms with E-state index in [0.717, 1.165) is 22.7 Å². The van der Waals surface area contributed by atoms with Crippen LogP contribution in [0.1, 0.15) is 33.4 Å². The number of aryl methyl sites for hydroxylation is 4. The van der Waals surface area contributed by atoms with E-state index in [0.29, 0.717) is 11.8 Å². The van der Waals surface area contributed by atoms with Crippen molar-refractivity contribution in [3.63, 3.8) is 0 Å². The van der Waals surface area contributed by atoms with Crippen LogP contribution in [0, 0.1) is 41.5 Å². The topological polar surface area (TPSA) is 80.5 Å². The number of anilines is 4. The van der Waals surface area contributed by atoms with Gasteiger partial charge in [0.05, 0.1) is 5.52 Å². The van der Waals surface area contributed by atoms with Crippen molar-refractivity contribution in [2.24, 2.45) is 0 Å². The molecule has 6 aromatic rings. The van der Waals surface area contributed by atoms with Crippen LogP contribution in [0.25, 0.3) is 16.9 Å². The SMILES string of the molecule is Cc1cc(Nc2ccnc(-n3ccc4ccccc43)n2)cc(C)c1C.Cc1cc(Nc2ccnc(Cl)n2)cc(C)c1C. The Morgan fingerprint density at radius 3 is 1.71 bits per heavy atom. The van der Waals surface area contributed by atoms with E-state index in [-0.39, 0.29) is 5.28 Å². The van der Waals surface area contributed by atoms with Crippen molar-refractivity contribution in [2.75, 3.05) is 10.6 Å². The molecule has 0 amide bonds. The summed E-state index contributed by atoms with van der Waals surface area (Å²) in [6, 6.07) is 22.5. The minimum atomic E-state index is 0.246. The van der Waals surface area contributed by atoms with E-state index >= 15 is 0 Å². The van der Waals surface area contributed by atoms with Crippen LogP contribution in [0.4, 0.5) is 23.0 Å². The van der Waals surface area contributed by atoms with Crippen molar-refractivity contribution < 1.29 is 0 Å². The van der Waals surface area contributed by atoms with E-state index < -0.39 is 0 Å². The number of benzene rings is 3. The van der Waals surface area contributed by atoms with Crippen LogP contribution in [-0.2, 0) is 0 Å². The third-order valence-electron chi connectivity index (χ3n) is 7.48. The molecule has 3 aromatic carbocycles. The molecule has 8 heteroatoms. The molecule has 0 bridgehead atoms. The van der Waals surface area contributed by atoms with Gasteiger partial charge in [-0.05, 0) is 135 Å². The predicted molar refractivity (Wildman–Crippen MR) is 174 cm³/mol. The average molecular weight is 576 g/mol. The van der Waals surface area contributed by atoms with E-state index in [2.05, 4.69) is 115 Å². The largest absolute Gasteiger partial charge is 0.340 e. The highest BCUT2D eigenvalue weighted by atomic mass is 35.5. The fourth-order valence-corrected chi connectivity index (χ4v) is 4.85. The Hall–Kier alpha value is -4.75. The van der Waals surface area contributed by atoms with Gasteiger partial charge in [-0.15, -0.1) is 0 Å². The van der Waals surface area contributed by atoms with Crippen LogP contribution < -0.4 is 10.6 Å². The standard InChI is InChI=1S/C21H20N4.C13H14ClN3/c1-14-12-18(13-15(2)16(14)3)23-20-8-10-22-21(24-20)25-11-9-17-6-4-5-7-19(17)25;1-8-6-11(7-9(2)10(8)3)16-12-4-5-15-13(14)17-12/h4-13H,1-3H3,(H,22,23,24);4-7H,1-3H3,(H,15,16,17). The summed E-state index contributed by atoms with van der Waals surface area (Å²) < 4.78 is 2.01. The van der Waals surface area contributed by atoms with Gasteiger partial charge in [0, 0.05) is 35.4 Å². The zero-order chi connectivity index (χ0) is 29.8. The molecule has 0 radical (unpaired) electrons. The number of fused-ring (bicyclic) bond motifs is 1. The van der Waals surface area contributed by atoms with Gasteiger partial charge in [-0.2, -0.15) is 4.98 Å². The number of hydrogen-bond donors (Lipinski definition) is 2. The van der Waals surface area contributed by atoms with Crippen molar-refractivity contribution in [1.82, 2.24) is 24.5 Å². The Balaban J connectivity index is 0.000000181. The van der Waals surface area contributed by atoms with Crippen molar-refractivity contribution >= 4 is 45.5 Å². The molecule has 0 atom stereocenters. The van der Waals surface area contributed by atoms with E-state index in [4.69, 9.17) is 11.6 Å². The van der Waals surface area contributed by atoms with E-state index in [1.165, 1.54) is 38.8 Å². The van der Waals surface area contributed by atoms with Crippen LogP contribution in [-0.4, -0.2) is 24.5 Å². The molecule has 3 heterocycles. The summed E-state index contributed by atoms with van der Waals surface area (Å²) in [5, 5.41) is 8.04. The van der Waals surface area contributed by atoms with Crippen LogP contribution in [0.2, 0.25) is 5.28 Å². The minimum absolute atomic E-state index is 0.246. The molecule has 0 aliphatic heterocycles. The highest BCUT2D eigenvalue weighted by Crippen LogP contribution is 2.24. The lowest BCUT2D eigenvalue weighted by Crippen LogP contribution is -2.03. The minimum Gasteiger partial charge on any atom is -0.340 e. The number of hydrogen-bond acceptors (Lipinski definition) is 6. The van der Waals surface area contributed by atoms with Gasteiger partial charge >= 0.3 is 0 Å². The molecule has 0 saturated heterocycles. The summed E-state index contributed by atoms with van der Waals surface area (Å²) in [4.78, 5) is 17.1. The monoisotopic (exact) mass is 575 g/mol. The lowest BCUT2D eigenvalue weighted by Gasteiger charge is -2.12. The number of nitrogens with zero attached hydrogens (tertiary/aromatic N) is 5. The fourth-order valence-electron chi connectivity index (χ4n) is 4.71. The molecule has 0 unspecified atom stereocenters. The lowest BCUT2D eigenvalue weighted by molar-refractivity contribution is 0.965. The lowest BCUT2D eigenvalue weighted by atomic mass is 10.0. The average Bonchev–Trinajstić information content (AvgIpc) is 3.39. The summed E-state index contributed by atoms with van der Waals surface area (Å²) >= 11 is 5.74. The second kappa shape index (κ2) is 12.4. The van der Waals surface area contributed by atoms with Gasteiger partial charge in [0.2, 0.25) is 11.2 Å². The predicted octanol–water partition coefficient (Wildman–Crippen LogP) is 8.89. The van der Waals surface area contributed by atoms with Gasteiger partial charge in [-0.1, -0.05) is 18.2 Å². The molecule has 0 aliphatic carbocycles. The third kappa shape index (κ3) is 6.58. The maximum atomic E-state index is 5.74. The number of halogens is 1. The molecule has 7 nitrogen and oxygen atoms in total. The van der Waals surface area contributed by atoms with Gasteiger partial charge in [-0.25, -0.2) is 15.0 Å². The quantitative estimate of drug-likeness (QED) is 0.200. The fraction of sp³-hybridized carbons (Fsp3) is 0.176. The molecule has 2 N–H and O–H groups in total. The molecular weight excluding hydrogens is 542 g/mol. The molecular formula is C34H34ClN7. The zero-order valence-electron chi connectivity index (χ0n) is 24.7. The maximum Gasteiger partial charge on any atom is 0.236 e. The summed E-state index contributed by atoms with van der Waals surface area (Å²) in [5.41, 5.74) is 10.9. The van der Waals surface area contributed by atoms with Gasteiger partial charge in [0.25, 0.3) is 0 Å². The Labute approximate surface area is 251 Å². The molecule has 0 fully saturated rings. The van der Waals surface area contributed by atoms with Crippen molar-refractivity contribution in [1.29, 1.82) is 0 Å². The Bertz CT molecular complexity index is 1830. The van der Waals surface area contributed by atoms with Crippen molar-refractivity contribution in [3.8, 4) is 5.95 Å². The highest BCUT2D eigenvalue weighted by molar-refractivity contribution is 6.28. The molecule has 212 valence electrons. The van der Waals surface area contributed by atoms with Crippen LogP contribution in [0.3, 0.4) is 0 Å². The zero-order valence-corrected chi connectivity index (χ0v) is 25.5. The van der Waals surface area contributed by atoms with Crippen LogP contribution in [0.15, 0.2) is 85.3 Å². The van der Waals surface area contributed by atoms with Gasteiger partial charge in [-0.3, -0.25) is 4.57 Å². The summed E-state index contributed by atoms with van der Waals surface area (Å²) in [7, 11) is 0. The smallest absolute Gasteiger partial charge is 0.236 e. The second-order valence-corrected chi connectivity index (χ2v) is 10.8. The van der Waals surface area contributed by atoms with Gasteiger partial charge in [0.15, 0.2) is 0 Å². The second-order valence-electron chi connectivity index (χ2n) is 10.4. The number of aromatic nitrogens is 5.